The summed E-state index contributed by atoms with van der Waals surface area (Å²) in [6.45, 7) is 1.84. The average Bonchev–Trinajstić information content (AvgIpc) is 3.02. The highest BCUT2D eigenvalue weighted by Crippen LogP contribution is 2.30. The van der Waals surface area contributed by atoms with E-state index in [0.29, 0.717) is 5.69 Å². The molecule has 2 heterocycles. The van der Waals surface area contributed by atoms with Crippen LogP contribution in [0.5, 0.6) is 0 Å². The van der Waals surface area contributed by atoms with E-state index < -0.39 is 29.7 Å². The van der Waals surface area contributed by atoms with Gasteiger partial charge in [0, 0.05) is 0 Å². The minimum Gasteiger partial charge on any atom is -0.461 e. The molecular weight excluding hydrogens is 274 g/mol. The van der Waals surface area contributed by atoms with Crippen molar-refractivity contribution in [1.82, 2.24) is 5.43 Å². The Morgan fingerprint density at radius 3 is 2.67 bits per heavy atom. The quantitative estimate of drug-likeness (QED) is 0.627. The maximum Gasteiger partial charge on any atom is 0.355 e. The molecule has 7 heteroatoms. The Labute approximate surface area is 120 Å². The van der Waals surface area contributed by atoms with Crippen molar-refractivity contribution in [2.45, 2.75) is 13.0 Å². The summed E-state index contributed by atoms with van der Waals surface area (Å²) in [5.41, 5.74) is 3.00. The van der Waals surface area contributed by atoms with Gasteiger partial charge >= 0.3 is 5.97 Å². The number of ether oxygens (including phenoxy) is 1. The van der Waals surface area contributed by atoms with Gasteiger partial charge in [0.2, 0.25) is 5.91 Å². The molecule has 1 aromatic rings. The second-order valence-corrected chi connectivity index (χ2v) is 4.65. The number of hydrogen-bond donors (Lipinski definition) is 1. The number of benzene rings is 1. The number of carbonyl (C=O) groups excluding carboxylic acids is 3. The number of anilines is 1. The first-order chi connectivity index (χ1) is 10.1. The van der Waals surface area contributed by atoms with Crippen molar-refractivity contribution in [3.05, 3.63) is 30.3 Å². The molecule has 0 unspecified atom stereocenters. The molecule has 2 aliphatic rings. The van der Waals surface area contributed by atoms with Crippen molar-refractivity contribution in [3.8, 4) is 0 Å². The zero-order chi connectivity index (χ0) is 15.0. The Bertz CT molecular complexity index is 641. The molecule has 21 heavy (non-hydrogen) atoms. The summed E-state index contributed by atoms with van der Waals surface area (Å²) in [6, 6.07) is 7.75. The number of nitrogens with zero attached hydrogens (tertiary/aromatic N) is 2. The van der Waals surface area contributed by atoms with Crippen LogP contribution in [0.15, 0.2) is 35.4 Å². The van der Waals surface area contributed by atoms with Crippen LogP contribution in [0.1, 0.15) is 6.92 Å². The second kappa shape index (κ2) is 5.01. The van der Waals surface area contributed by atoms with Crippen molar-refractivity contribution in [2.24, 2.45) is 11.0 Å². The van der Waals surface area contributed by atoms with Crippen LogP contribution in [0, 0.1) is 5.92 Å². The number of hydrazone groups is 1. The molecule has 1 aromatic carbocycles. The number of hydrogen-bond acceptors (Lipinski definition) is 6. The number of esters is 1. The summed E-state index contributed by atoms with van der Waals surface area (Å²) in [5, 5.41) is 3.79. The molecular formula is C14H13N3O4. The summed E-state index contributed by atoms with van der Waals surface area (Å²) >= 11 is 0. The number of carbonyl (C=O) groups is 3. The molecule has 2 atom stereocenters. The van der Waals surface area contributed by atoms with Gasteiger partial charge in [-0.1, -0.05) is 18.2 Å². The third-order valence-electron chi connectivity index (χ3n) is 3.42. The lowest BCUT2D eigenvalue weighted by atomic mass is 9.99. The lowest BCUT2D eigenvalue weighted by Crippen LogP contribution is -2.36. The van der Waals surface area contributed by atoms with Gasteiger partial charge in [-0.2, -0.15) is 5.10 Å². The van der Waals surface area contributed by atoms with Crippen LogP contribution >= 0.6 is 0 Å². The first kappa shape index (κ1) is 13.3. The fraction of sp³-hybridized carbons (Fsp3) is 0.286. The van der Waals surface area contributed by atoms with Gasteiger partial charge in [0.1, 0.15) is 12.0 Å². The molecule has 1 N–H and O–H groups in total. The maximum absolute atomic E-state index is 12.5. The van der Waals surface area contributed by atoms with Crippen LogP contribution in [0.2, 0.25) is 0 Å². The Morgan fingerprint density at radius 2 is 2.00 bits per heavy atom. The fourth-order valence-corrected chi connectivity index (χ4v) is 2.49. The number of rotatable bonds is 3. The molecule has 0 spiro atoms. The second-order valence-electron chi connectivity index (χ2n) is 4.65. The smallest absolute Gasteiger partial charge is 0.355 e. The van der Waals surface area contributed by atoms with Gasteiger partial charge < -0.3 is 4.74 Å². The van der Waals surface area contributed by atoms with E-state index in [1.165, 1.54) is 0 Å². The lowest BCUT2D eigenvalue weighted by molar-refractivity contribution is -0.136. The molecule has 0 radical (unpaired) electrons. The molecule has 0 aliphatic carbocycles. The number of fused-ring (bicyclic) bond motifs is 1. The highest BCUT2D eigenvalue weighted by molar-refractivity contribution is 6.46. The van der Waals surface area contributed by atoms with Gasteiger partial charge in [-0.05, 0) is 19.1 Å². The fourth-order valence-electron chi connectivity index (χ4n) is 2.49. The maximum atomic E-state index is 12.5. The summed E-state index contributed by atoms with van der Waals surface area (Å²) in [4.78, 5) is 37.7. The highest BCUT2D eigenvalue weighted by Gasteiger charge is 2.55. The molecule has 0 saturated carbocycles. The van der Waals surface area contributed by atoms with E-state index in [-0.39, 0.29) is 12.3 Å². The minimum absolute atomic E-state index is 0.0429. The van der Waals surface area contributed by atoms with Gasteiger partial charge in [0.05, 0.1) is 12.3 Å². The number of amides is 2. The van der Waals surface area contributed by atoms with E-state index in [2.05, 4.69) is 10.5 Å². The van der Waals surface area contributed by atoms with Gasteiger partial charge in [-0.15, -0.1) is 0 Å². The van der Waals surface area contributed by atoms with Gasteiger partial charge in [0.15, 0.2) is 5.71 Å². The zero-order valence-corrected chi connectivity index (χ0v) is 11.3. The van der Waals surface area contributed by atoms with Crippen molar-refractivity contribution in [3.63, 3.8) is 0 Å². The summed E-state index contributed by atoms with van der Waals surface area (Å²) in [7, 11) is 0. The summed E-state index contributed by atoms with van der Waals surface area (Å²) < 4.78 is 4.87. The Morgan fingerprint density at radius 1 is 1.29 bits per heavy atom. The zero-order valence-electron chi connectivity index (χ0n) is 11.3. The average molecular weight is 287 g/mol. The SMILES string of the molecule is CCOC(=O)C1=NN[C@@H]2C(=O)N(c3ccccc3)C(=O)[C@@H]12. The highest BCUT2D eigenvalue weighted by atomic mass is 16.5. The Hall–Kier alpha value is -2.70. The molecule has 2 amide bonds. The number of nitrogens with one attached hydrogen (secondary N) is 1. The van der Waals surface area contributed by atoms with Crippen LogP contribution in [0.25, 0.3) is 0 Å². The predicted molar refractivity (Wildman–Crippen MR) is 73.4 cm³/mol. The van der Waals surface area contributed by atoms with Crippen LogP contribution in [0.4, 0.5) is 5.69 Å². The van der Waals surface area contributed by atoms with Gasteiger partial charge in [0.25, 0.3) is 5.91 Å². The first-order valence-electron chi connectivity index (χ1n) is 6.58. The molecule has 0 aromatic heterocycles. The molecule has 7 nitrogen and oxygen atoms in total. The monoisotopic (exact) mass is 287 g/mol. The molecule has 2 aliphatic heterocycles. The topological polar surface area (TPSA) is 88.1 Å². The molecule has 1 saturated heterocycles. The summed E-state index contributed by atoms with van der Waals surface area (Å²) in [5.74, 6) is -2.47. The Balaban J connectivity index is 1.91. The summed E-state index contributed by atoms with van der Waals surface area (Å²) in [6.07, 6.45) is 0. The number of para-hydroxylation sites is 1. The van der Waals surface area contributed by atoms with Crippen LogP contribution in [0.3, 0.4) is 0 Å². The largest absolute Gasteiger partial charge is 0.461 e. The van der Waals surface area contributed by atoms with Crippen molar-refractivity contribution < 1.29 is 19.1 Å². The van der Waals surface area contributed by atoms with E-state index in [1.54, 1.807) is 37.3 Å². The van der Waals surface area contributed by atoms with Crippen LogP contribution in [-0.4, -0.2) is 36.1 Å². The van der Waals surface area contributed by atoms with Gasteiger partial charge in [-0.3, -0.25) is 15.0 Å². The van der Waals surface area contributed by atoms with Crippen molar-refractivity contribution in [1.29, 1.82) is 0 Å². The van der Waals surface area contributed by atoms with Gasteiger partial charge in [-0.25, -0.2) is 9.69 Å². The third kappa shape index (κ3) is 1.97. The molecule has 108 valence electrons. The van der Waals surface area contributed by atoms with E-state index in [4.69, 9.17) is 4.74 Å². The van der Waals surface area contributed by atoms with E-state index in [9.17, 15) is 14.4 Å². The van der Waals surface area contributed by atoms with Crippen LogP contribution < -0.4 is 10.3 Å². The third-order valence-corrected chi connectivity index (χ3v) is 3.42. The standard InChI is InChI=1S/C14H13N3O4/c1-2-21-14(20)11-9-10(15-16-11)13(19)17(12(9)18)8-6-4-3-5-7-8/h3-7,9-10,15H,2H2,1H3/t9-,10+/m1/s1. The minimum atomic E-state index is -0.920. The number of imide groups is 1. The van der Waals surface area contributed by atoms with E-state index in [0.717, 1.165) is 4.90 Å². The van der Waals surface area contributed by atoms with Crippen molar-refractivity contribution >= 4 is 29.2 Å². The molecule has 1 fully saturated rings. The predicted octanol–water partition coefficient (Wildman–Crippen LogP) is 0.0669. The molecule has 3 rings (SSSR count). The molecule has 0 bridgehead atoms. The lowest BCUT2D eigenvalue weighted by Gasteiger charge is -2.15. The van der Waals surface area contributed by atoms with E-state index in [1.807, 2.05) is 0 Å². The first-order valence-corrected chi connectivity index (χ1v) is 6.58. The van der Waals surface area contributed by atoms with Crippen LogP contribution in [-0.2, 0) is 19.1 Å². The Kier molecular flexibility index (Phi) is 3.17. The van der Waals surface area contributed by atoms with E-state index >= 15 is 0 Å². The van der Waals surface area contributed by atoms with Crippen molar-refractivity contribution in [2.75, 3.05) is 11.5 Å². The normalized spacial score (nSPS) is 23.7.